The predicted molar refractivity (Wildman–Crippen MR) is 111 cm³/mol. The third-order valence-corrected chi connectivity index (χ3v) is 4.48. The maximum Gasteiger partial charge on any atom is 0.241 e. The van der Waals surface area contributed by atoms with E-state index in [9.17, 15) is 9.59 Å². The Bertz CT molecular complexity index is 764. The molecule has 2 aromatic carbocycles. The molecule has 0 aromatic heterocycles. The first-order valence-corrected chi connectivity index (χ1v) is 9.23. The summed E-state index contributed by atoms with van der Waals surface area (Å²) < 4.78 is 0. The highest BCUT2D eigenvalue weighted by molar-refractivity contribution is 5.96. The summed E-state index contributed by atoms with van der Waals surface area (Å²) in [6.45, 7) is 8.36. The zero-order valence-electron chi connectivity index (χ0n) is 16.5. The van der Waals surface area contributed by atoms with Crippen LogP contribution in [0.1, 0.15) is 33.3 Å². The van der Waals surface area contributed by atoms with E-state index in [4.69, 9.17) is 5.73 Å². The van der Waals surface area contributed by atoms with Gasteiger partial charge in [0, 0.05) is 17.9 Å². The van der Waals surface area contributed by atoms with Crippen LogP contribution in [0.25, 0.3) is 0 Å². The number of para-hydroxylation sites is 1. The van der Waals surface area contributed by atoms with E-state index < -0.39 is 6.04 Å². The van der Waals surface area contributed by atoms with Gasteiger partial charge < -0.3 is 16.0 Å². The highest BCUT2D eigenvalue weighted by atomic mass is 16.2. The largest absolute Gasteiger partial charge is 0.325 e. The summed E-state index contributed by atoms with van der Waals surface area (Å²) in [4.78, 5) is 26.6. The molecule has 0 fully saturated rings. The van der Waals surface area contributed by atoms with E-state index in [-0.39, 0.29) is 17.2 Å². The van der Waals surface area contributed by atoms with Crippen LogP contribution in [0.3, 0.4) is 0 Å². The number of hydrogen-bond acceptors (Lipinski definition) is 3. The van der Waals surface area contributed by atoms with Crippen molar-refractivity contribution in [3.05, 3.63) is 60.2 Å². The van der Waals surface area contributed by atoms with Gasteiger partial charge in [-0.2, -0.15) is 0 Å². The van der Waals surface area contributed by atoms with Crippen LogP contribution in [0.2, 0.25) is 0 Å². The molecule has 5 nitrogen and oxygen atoms in total. The van der Waals surface area contributed by atoms with Gasteiger partial charge in [-0.15, -0.1) is 0 Å². The van der Waals surface area contributed by atoms with Crippen LogP contribution < -0.4 is 16.0 Å². The summed E-state index contributed by atoms with van der Waals surface area (Å²) in [6, 6.07) is 16.4. The second-order valence-electron chi connectivity index (χ2n) is 7.68. The quantitative estimate of drug-likeness (QED) is 0.819. The predicted octanol–water partition coefficient (Wildman–Crippen LogP) is 3.59. The zero-order chi connectivity index (χ0) is 20.0. The second kappa shape index (κ2) is 8.82. The number of nitrogens with two attached hydrogens (primary N) is 1. The highest BCUT2D eigenvalue weighted by Gasteiger charge is 2.27. The minimum atomic E-state index is -0.595. The fraction of sp³-hybridized carbons (Fsp3) is 0.364. The fourth-order valence-electron chi connectivity index (χ4n) is 2.70. The van der Waals surface area contributed by atoms with Gasteiger partial charge in [0.25, 0.3) is 0 Å². The van der Waals surface area contributed by atoms with E-state index in [0.717, 1.165) is 11.3 Å². The molecule has 3 N–H and O–H groups in total. The summed E-state index contributed by atoms with van der Waals surface area (Å²) in [6.07, 6.45) is 0.304. The molecule has 2 amide bonds. The molecule has 144 valence electrons. The molecule has 0 bridgehead atoms. The van der Waals surface area contributed by atoms with Gasteiger partial charge in [0.1, 0.15) is 0 Å². The molecule has 0 aliphatic rings. The van der Waals surface area contributed by atoms with Crippen LogP contribution in [-0.2, 0) is 16.0 Å². The summed E-state index contributed by atoms with van der Waals surface area (Å²) >= 11 is 0. The van der Waals surface area contributed by atoms with Crippen LogP contribution in [0.4, 0.5) is 11.4 Å². The van der Waals surface area contributed by atoms with Crippen molar-refractivity contribution in [3.63, 3.8) is 0 Å². The third kappa shape index (κ3) is 5.66. The number of likely N-dealkylation sites (N-methyl/N-ethyl adjacent to an activating group) is 1. The number of carbonyl (C=O) groups excluding carboxylic acids is 2. The van der Waals surface area contributed by atoms with Crippen molar-refractivity contribution in [1.82, 2.24) is 0 Å². The lowest BCUT2D eigenvalue weighted by atomic mass is 9.87. The van der Waals surface area contributed by atoms with Gasteiger partial charge in [-0.25, -0.2) is 0 Å². The van der Waals surface area contributed by atoms with Gasteiger partial charge >= 0.3 is 0 Å². The maximum atomic E-state index is 12.6. The Kier molecular flexibility index (Phi) is 6.75. The van der Waals surface area contributed by atoms with Crippen molar-refractivity contribution in [1.29, 1.82) is 0 Å². The molecule has 0 aliphatic carbocycles. The Labute approximate surface area is 161 Å². The lowest BCUT2D eigenvalue weighted by Crippen LogP contribution is -2.45. The first-order chi connectivity index (χ1) is 12.7. The van der Waals surface area contributed by atoms with Crippen LogP contribution in [0.15, 0.2) is 54.6 Å². The minimum absolute atomic E-state index is 0.0373. The average molecular weight is 367 g/mol. The number of anilines is 2. The number of hydrogen-bond donors (Lipinski definition) is 2. The molecule has 27 heavy (non-hydrogen) atoms. The lowest BCUT2D eigenvalue weighted by molar-refractivity contribution is -0.119. The number of amides is 2. The van der Waals surface area contributed by atoms with Crippen molar-refractivity contribution >= 4 is 23.2 Å². The molecule has 5 heteroatoms. The van der Waals surface area contributed by atoms with Gasteiger partial charge in [0.15, 0.2) is 0 Å². The monoisotopic (exact) mass is 367 g/mol. The smallest absolute Gasteiger partial charge is 0.241 e. The van der Waals surface area contributed by atoms with Crippen molar-refractivity contribution in [2.45, 2.75) is 40.2 Å². The van der Waals surface area contributed by atoms with Gasteiger partial charge in [-0.05, 0) is 42.2 Å². The molecule has 2 aromatic rings. The molecule has 0 unspecified atom stereocenters. The summed E-state index contributed by atoms with van der Waals surface area (Å²) in [5, 5.41) is 2.83. The molecular weight excluding hydrogens is 338 g/mol. The topological polar surface area (TPSA) is 75.4 Å². The Morgan fingerprint density at radius 3 is 2.15 bits per heavy atom. The molecule has 0 aliphatic heterocycles. The van der Waals surface area contributed by atoms with Gasteiger partial charge in [0.05, 0.1) is 12.5 Å². The molecule has 2 rings (SSSR count). The number of nitrogens with one attached hydrogen (secondary N) is 1. The molecule has 0 heterocycles. The van der Waals surface area contributed by atoms with E-state index >= 15 is 0 Å². The SMILES string of the molecule is CCN(C(=O)Cc1ccc(NC(=O)[C@@H](N)C(C)(C)C)cc1)c1ccccc1. The molecule has 0 saturated heterocycles. The molecule has 0 spiro atoms. The fourth-order valence-corrected chi connectivity index (χ4v) is 2.70. The number of carbonyl (C=O) groups is 2. The molecule has 0 saturated carbocycles. The van der Waals surface area contributed by atoms with Gasteiger partial charge in [-0.1, -0.05) is 51.1 Å². The zero-order valence-corrected chi connectivity index (χ0v) is 16.5. The highest BCUT2D eigenvalue weighted by Crippen LogP contribution is 2.20. The number of rotatable bonds is 6. The maximum absolute atomic E-state index is 12.6. The van der Waals surface area contributed by atoms with Crippen LogP contribution in [0.5, 0.6) is 0 Å². The Morgan fingerprint density at radius 2 is 1.63 bits per heavy atom. The van der Waals surface area contributed by atoms with Gasteiger partial charge in [-0.3, -0.25) is 9.59 Å². The van der Waals surface area contributed by atoms with E-state index in [1.807, 2.05) is 70.2 Å². The molecule has 0 radical (unpaired) electrons. The first kappa shape index (κ1) is 20.6. The van der Waals surface area contributed by atoms with E-state index in [0.29, 0.717) is 18.7 Å². The van der Waals surface area contributed by atoms with Crippen molar-refractivity contribution in [3.8, 4) is 0 Å². The molecular formula is C22H29N3O2. The summed E-state index contributed by atoms with van der Waals surface area (Å²) in [7, 11) is 0. The van der Waals surface area contributed by atoms with E-state index in [1.165, 1.54) is 0 Å². The standard InChI is InChI=1S/C22H29N3O2/c1-5-25(18-9-7-6-8-10-18)19(26)15-16-11-13-17(14-12-16)24-21(27)20(23)22(2,3)4/h6-14,20H,5,15,23H2,1-4H3,(H,24,27)/t20-/m1/s1. The Morgan fingerprint density at radius 1 is 1.04 bits per heavy atom. The first-order valence-electron chi connectivity index (χ1n) is 9.23. The van der Waals surface area contributed by atoms with Crippen molar-refractivity contribution in [2.75, 3.05) is 16.8 Å². The summed E-state index contributed by atoms with van der Waals surface area (Å²) in [5.74, 6) is -0.178. The Hall–Kier alpha value is -2.66. The van der Waals surface area contributed by atoms with E-state index in [2.05, 4.69) is 5.32 Å². The summed E-state index contributed by atoms with van der Waals surface area (Å²) in [5.41, 5.74) is 8.13. The van der Waals surface area contributed by atoms with Crippen LogP contribution in [-0.4, -0.2) is 24.4 Å². The third-order valence-electron chi connectivity index (χ3n) is 4.48. The minimum Gasteiger partial charge on any atom is -0.325 e. The number of nitrogens with zero attached hydrogens (tertiary/aromatic N) is 1. The van der Waals surface area contributed by atoms with Gasteiger partial charge in [0.2, 0.25) is 11.8 Å². The van der Waals surface area contributed by atoms with Crippen molar-refractivity contribution in [2.24, 2.45) is 11.1 Å². The normalized spacial score (nSPS) is 12.3. The average Bonchev–Trinajstić information content (AvgIpc) is 2.63. The van der Waals surface area contributed by atoms with E-state index in [1.54, 1.807) is 17.0 Å². The van der Waals surface area contributed by atoms with Crippen molar-refractivity contribution < 1.29 is 9.59 Å². The number of benzene rings is 2. The lowest BCUT2D eigenvalue weighted by Gasteiger charge is -2.25. The van der Waals surface area contributed by atoms with Crippen LogP contribution in [0, 0.1) is 5.41 Å². The Balaban J connectivity index is 2.01. The van der Waals surface area contributed by atoms with Crippen LogP contribution >= 0.6 is 0 Å². The second-order valence-corrected chi connectivity index (χ2v) is 7.68. The molecule has 1 atom stereocenters.